The van der Waals surface area contributed by atoms with Crippen LogP contribution in [0.2, 0.25) is 0 Å². The molecule has 2 nitrogen and oxygen atoms in total. The minimum Gasteiger partial charge on any atom is -0.406 e. The summed E-state index contributed by atoms with van der Waals surface area (Å²) in [7, 11) is 0. The molecule has 18 heavy (non-hydrogen) atoms. The predicted octanol–water partition coefficient (Wildman–Crippen LogP) is 3.09. The van der Waals surface area contributed by atoms with Gasteiger partial charge in [0.25, 0.3) is 0 Å². The highest BCUT2D eigenvalue weighted by Crippen LogP contribution is 2.22. The molecule has 0 radical (unpaired) electrons. The first-order valence-corrected chi connectivity index (χ1v) is 5.50. The standard InChI is InChI=1S/C13H14F3NO/c1-2-3-4-9-17-10-11-5-7-12(8-6-11)18-13(14,15)16/h1,5-8,17H,3-4,9-10H2. The van der Waals surface area contributed by atoms with Crippen LogP contribution in [0.4, 0.5) is 13.2 Å². The van der Waals surface area contributed by atoms with Crippen molar-refractivity contribution >= 4 is 0 Å². The maximum atomic E-state index is 11.9. The second-order valence-electron chi connectivity index (χ2n) is 3.68. The number of rotatable bonds is 6. The van der Waals surface area contributed by atoms with Crippen molar-refractivity contribution in [1.29, 1.82) is 0 Å². The average Bonchev–Trinajstić information content (AvgIpc) is 2.29. The number of halogens is 3. The Morgan fingerprint density at radius 3 is 2.44 bits per heavy atom. The Labute approximate surface area is 104 Å². The van der Waals surface area contributed by atoms with E-state index in [1.807, 2.05) is 0 Å². The number of alkyl halides is 3. The van der Waals surface area contributed by atoms with Gasteiger partial charge in [0.15, 0.2) is 0 Å². The zero-order valence-corrected chi connectivity index (χ0v) is 9.76. The van der Waals surface area contributed by atoms with Crippen molar-refractivity contribution in [2.45, 2.75) is 25.7 Å². The van der Waals surface area contributed by atoms with Gasteiger partial charge >= 0.3 is 6.36 Å². The smallest absolute Gasteiger partial charge is 0.406 e. The summed E-state index contributed by atoms with van der Waals surface area (Å²) in [5.41, 5.74) is 0.894. The molecule has 1 aromatic rings. The maximum absolute atomic E-state index is 11.9. The summed E-state index contributed by atoms with van der Waals surface area (Å²) < 4.78 is 39.5. The molecule has 0 heterocycles. The highest BCUT2D eigenvalue weighted by Gasteiger charge is 2.30. The summed E-state index contributed by atoms with van der Waals surface area (Å²) in [6, 6.07) is 5.78. The molecule has 1 rings (SSSR count). The third-order valence-corrected chi connectivity index (χ3v) is 2.16. The van der Waals surface area contributed by atoms with E-state index in [9.17, 15) is 13.2 Å². The second kappa shape index (κ2) is 6.92. The molecule has 0 unspecified atom stereocenters. The molecule has 0 atom stereocenters. The second-order valence-corrected chi connectivity index (χ2v) is 3.68. The lowest BCUT2D eigenvalue weighted by atomic mass is 10.2. The minimum atomic E-state index is -4.64. The topological polar surface area (TPSA) is 21.3 Å². The molecule has 1 N–H and O–H groups in total. The van der Waals surface area contributed by atoms with Crippen LogP contribution in [0, 0.1) is 12.3 Å². The molecule has 5 heteroatoms. The van der Waals surface area contributed by atoms with E-state index in [1.54, 1.807) is 12.1 Å². The van der Waals surface area contributed by atoms with Gasteiger partial charge in [-0.15, -0.1) is 25.5 Å². The van der Waals surface area contributed by atoms with Crippen molar-refractivity contribution in [2.24, 2.45) is 0 Å². The van der Waals surface area contributed by atoms with E-state index in [0.29, 0.717) is 13.0 Å². The molecule has 0 fully saturated rings. The van der Waals surface area contributed by atoms with Gasteiger partial charge in [0.1, 0.15) is 5.75 Å². The van der Waals surface area contributed by atoms with Gasteiger partial charge in [0, 0.05) is 13.0 Å². The van der Waals surface area contributed by atoms with Crippen molar-refractivity contribution in [3.8, 4) is 18.1 Å². The molecule has 0 aliphatic carbocycles. The highest BCUT2D eigenvalue weighted by molar-refractivity contribution is 5.27. The Hall–Kier alpha value is -1.67. The molecule has 0 saturated heterocycles. The van der Waals surface area contributed by atoms with E-state index in [4.69, 9.17) is 6.42 Å². The lowest BCUT2D eigenvalue weighted by Crippen LogP contribution is -2.17. The first-order chi connectivity index (χ1) is 8.51. The maximum Gasteiger partial charge on any atom is 0.573 e. The fourth-order valence-corrected chi connectivity index (χ4v) is 1.36. The SMILES string of the molecule is C#CCCCNCc1ccc(OC(F)(F)F)cc1. The van der Waals surface area contributed by atoms with Crippen molar-refractivity contribution in [1.82, 2.24) is 5.32 Å². The average molecular weight is 257 g/mol. The molecule has 0 bridgehead atoms. The molecule has 0 amide bonds. The summed E-state index contributed by atoms with van der Waals surface area (Å²) >= 11 is 0. The van der Waals surface area contributed by atoms with Crippen molar-refractivity contribution < 1.29 is 17.9 Å². The number of ether oxygens (including phenoxy) is 1. The third kappa shape index (κ3) is 6.16. The third-order valence-electron chi connectivity index (χ3n) is 2.16. The fraction of sp³-hybridized carbons (Fsp3) is 0.385. The monoisotopic (exact) mass is 257 g/mol. The Bertz CT molecular complexity index is 392. The van der Waals surface area contributed by atoms with Crippen LogP contribution in [-0.2, 0) is 6.54 Å². The zero-order valence-electron chi connectivity index (χ0n) is 9.76. The quantitative estimate of drug-likeness (QED) is 0.624. The number of nitrogens with one attached hydrogen (secondary N) is 1. The van der Waals surface area contributed by atoms with Gasteiger partial charge in [-0.05, 0) is 30.7 Å². The normalized spacial score (nSPS) is 11.0. The largest absolute Gasteiger partial charge is 0.573 e. The van der Waals surface area contributed by atoms with E-state index in [0.717, 1.165) is 18.5 Å². The summed E-state index contributed by atoms with van der Waals surface area (Å²) in [6.07, 6.45) is 2.06. The van der Waals surface area contributed by atoms with E-state index >= 15 is 0 Å². The number of hydrogen-bond acceptors (Lipinski definition) is 2. The van der Waals surface area contributed by atoms with Gasteiger partial charge in [0.05, 0.1) is 0 Å². The first kappa shape index (κ1) is 14.4. The summed E-state index contributed by atoms with van der Waals surface area (Å²) in [5.74, 6) is 2.32. The number of terminal acetylenes is 1. The van der Waals surface area contributed by atoms with Gasteiger partial charge in [0.2, 0.25) is 0 Å². The molecule has 0 spiro atoms. The van der Waals surface area contributed by atoms with E-state index in [-0.39, 0.29) is 5.75 Å². The molecular formula is C13H14F3NO. The van der Waals surface area contributed by atoms with Gasteiger partial charge < -0.3 is 10.1 Å². The molecule has 0 saturated carbocycles. The fourth-order valence-electron chi connectivity index (χ4n) is 1.36. The lowest BCUT2D eigenvalue weighted by Gasteiger charge is -2.09. The summed E-state index contributed by atoms with van der Waals surface area (Å²) in [6.45, 7) is 1.38. The van der Waals surface area contributed by atoms with Crippen LogP contribution in [-0.4, -0.2) is 12.9 Å². The van der Waals surface area contributed by atoms with E-state index in [2.05, 4.69) is 16.0 Å². The van der Waals surface area contributed by atoms with E-state index < -0.39 is 6.36 Å². The summed E-state index contributed by atoms with van der Waals surface area (Å²) in [4.78, 5) is 0. The van der Waals surface area contributed by atoms with Crippen LogP contribution in [0.3, 0.4) is 0 Å². The van der Waals surface area contributed by atoms with Gasteiger partial charge in [-0.25, -0.2) is 0 Å². The molecule has 1 aromatic carbocycles. The van der Waals surface area contributed by atoms with Crippen LogP contribution in [0.5, 0.6) is 5.75 Å². The Morgan fingerprint density at radius 1 is 1.22 bits per heavy atom. The van der Waals surface area contributed by atoms with E-state index in [1.165, 1.54) is 12.1 Å². The van der Waals surface area contributed by atoms with Crippen molar-refractivity contribution in [2.75, 3.05) is 6.54 Å². The van der Waals surface area contributed by atoms with Gasteiger partial charge in [-0.1, -0.05) is 12.1 Å². The van der Waals surface area contributed by atoms with Crippen molar-refractivity contribution in [3.05, 3.63) is 29.8 Å². The predicted molar refractivity (Wildman–Crippen MR) is 62.9 cm³/mol. The number of unbranched alkanes of at least 4 members (excludes halogenated alkanes) is 1. The lowest BCUT2D eigenvalue weighted by molar-refractivity contribution is -0.274. The van der Waals surface area contributed by atoms with Gasteiger partial charge in [-0.3, -0.25) is 0 Å². The van der Waals surface area contributed by atoms with Crippen LogP contribution in [0.1, 0.15) is 18.4 Å². The number of benzene rings is 1. The molecular weight excluding hydrogens is 243 g/mol. The minimum absolute atomic E-state index is 0.210. The Balaban J connectivity index is 2.34. The number of hydrogen-bond donors (Lipinski definition) is 1. The van der Waals surface area contributed by atoms with Crippen LogP contribution >= 0.6 is 0 Å². The zero-order chi connectivity index (χ0) is 13.4. The van der Waals surface area contributed by atoms with Crippen LogP contribution in [0.25, 0.3) is 0 Å². The van der Waals surface area contributed by atoms with Crippen molar-refractivity contribution in [3.63, 3.8) is 0 Å². The molecule has 0 aliphatic heterocycles. The van der Waals surface area contributed by atoms with Crippen LogP contribution < -0.4 is 10.1 Å². The van der Waals surface area contributed by atoms with Gasteiger partial charge in [-0.2, -0.15) is 0 Å². The Kier molecular flexibility index (Phi) is 5.53. The highest BCUT2D eigenvalue weighted by atomic mass is 19.4. The Morgan fingerprint density at radius 2 is 1.89 bits per heavy atom. The molecule has 98 valence electrons. The molecule has 0 aliphatic rings. The molecule has 0 aromatic heterocycles. The first-order valence-electron chi connectivity index (χ1n) is 5.50. The van der Waals surface area contributed by atoms with Crippen LogP contribution in [0.15, 0.2) is 24.3 Å². The summed E-state index contributed by atoms with van der Waals surface area (Å²) in [5, 5.41) is 3.15.